The lowest BCUT2D eigenvalue weighted by Gasteiger charge is -2.02. The Morgan fingerprint density at radius 3 is 2.78 bits per heavy atom. The fraction of sp³-hybridized carbons (Fsp3) is 0.500. The molecule has 1 aromatic rings. The fourth-order valence-corrected chi connectivity index (χ4v) is 2.13. The molecule has 0 fully saturated rings. The van der Waals surface area contributed by atoms with E-state index in [1.54, 1.807) is 11.8 Å². The molecule has 2 N–H and O–H groups in total. The first-order valence-electron chi connectivity index (χ1n) is 6.37. The van der Waals surface area contributed by atoms with Crippen LogP contribution in [0.25, 0.3) is 0 Å². The zero-order chi connectivity index (χ0) is 12.9. The van der Waals surface area contributed by atoms with Crippen LogP contribution in [0.15, 0.2) is 35.3 Å². The van der Waals surface area contributed by atoms with Gasteiger partial charge in [0.1, 0.15) is 0 Å². The molecule has 18 heavy (non-hydrogen) atoms. The Labute approximate surface area is 114 Å². The average molecular weight is 266 g/mol. The van der Waals surface area contributed by atoms with Crippen LogP contribution in [0.3, 0.4) is 0 Å². The van der Waals surface area contributed by atoms with Crippen LogP contribution < -0.4 is 5.32 Å². The lowest BCUT2D eigenvalue weighted by molar-refractivity contribution is 0.322. The van der Waals surface area contributed by atoms with Crippen molar-refractivity contribution in [1.82, 2.24) is 5.32 Å². The molecule has 0 amide bonds. The van der Waals surface area contributed by atoms with E-state index >= 15 is 0 Å². The molecule has 4 heteroatoms. The monoisotopic (exact) mass is 266 g/mol. The van der Waals surface area contributed by atoms with Crippen molar-refractivity contribution in [1.29, 1.82) is 0 Å². The summed E-state index contributed by atoms with van der Waals surface area (Å²) in [5.74, 6) is 1.96. The van der Waals surface area contributed by atoms with Crippen molar-refractivity contribution >= 4 is 18.0 Å². The number of hydrogen-bond donors (Lipinski definition) is 2. The Hall–Kier alpha value is -0.840. The quantitative estimate of drug-likeness (QED) is 0.501. The van der Waals surface area contributed by atoms with Crippen LogP contribution in [-0.4, -0.2) is 49.1 Å². The van der Waals surface area contributed by atoms with Gasteiger partial charge in [-0.2, -0.15) is 11.8 Å². The summed E-state index contributed by atoms with van der Waals surface area (Å²) >= 11 is 1.80. The molecule has 0 spiro atoms. The number of benzene rings is 1. The molecule has 1 rings (SSSR count). The van der Waals surface area contributed by atoms with Gasteiger partial charge in [0.15, 0.2) is 0 Å². The van der Waals surface area contributed by atoms with Crippen LogP contribution >= 0.6 is 11.8 Å². The second-order valence-corrected chi connectivity index (χ2v) is 5.11. The van der Waals surface area contributed by atoms with E-state index in [2.05, 4.69) is 22.4 Å². The minimum Gasteiger partial charge on any atom is -0.396 e. The summed E-state index contributed by atoms with van der Waals surface area (Å²) in [4.78, 5) is 4.36. The summed E-state index contributed by atoms with van der Waals surface area (Å²) < 4.78 is 0. The van der Waals surface area contributed by atoms with E-state index in [0.717, 1.165) is 43.1 Å². The number of aliphatic hydroxyl groups excluding tert-OH is 1. The van der Waals surface area contributed by atoms with Crippen molar-refractivity contribution in [3.63, 3.8) is 0 Å². The van der Waals surface area contributed by atoms with E-state index in [0.29, 0.717) is 0 Å². The number of rotatable bonds is 10. The molecular weight excluding hydrogens is 244 g/mol. The average Bonchev–Trinajstić information content (AvgIpc) is 2.42. The predicted molar refractivity (Wildman–Crippen MR) is 80.8 cm³/mol. The van der Waals surface area contributed by atoms with Gasteiger partial charge in [-0.05, 0) is 24.3 Å². The normalized spacial score (nSPS) is 11.2. The molecule has 0 aromatic heterocycles. The van der Waals surface area contributed by atoms with Gasteiger partial charge in [0.25, 0.3) is 0 Å². The molecule has 0 aliphatic heterocycles. The highest BCUT2D eigenvalue weighted by Gasteiger charge is 1.89. The van der Waals surface area contributed by atoms with Gasteiger partial charge in [0.05, 0.1) is 13.2 Å². The Bertz CT molecular complexity index is 317. The van der Waals surface area contributed by atoms with Crippen LogP contribution in [0.4, 0.5) is 0 Å². The second-order valence-electron chi connectivity index (χ2n) is 3.89. The van der Waals surface area contributed by atoms with Gasteiger partial charge in [0, 0.05) is 18.5 Å². The van der Waals surface area contributed by atoms with Crippen molar-refractivity contribution in [3.8, 4) is 0 Å². The molecule has 0 heterocycles. The summed E-state index contributed by atoms with van der Waals surface area (Å²) in [7, 11) is 0. The van der Waals surface area contributed by atoms with Crippen molar-refractivity contribution < 1.29 is 5.11 Å². The second kappa shape index (κ2) is 11.3. The van der Waals surface area contributed by atoms with Crippen LogP contribution in [0.1, 0.15) is 12.0 Å². The van der Waals surface area contributed by atoms with Gasteiger partial charge in [0.2, 0.25) is 0 Å². The Morgan fingerprint density at radius 1 is 1.17 bits per heavy atom. The molecule has 0 atom stereocenters. The van der Waals surface area contributed by atoms with E-state index in [-0.39, 0.29) is 6.61 Å². The van der Waals surface area contributed by atoms with Gasteiger partial charge in [-0.3, -0.25) is 4.99 Å². The summed E-state index contributed by atoms with van der Waals surface area (Å²) in [6, 6.07) is 10.1. The van der Waals surface area contributed by atoms with Crippen LogP contribution in [0.2, 0.25) is 0 Å². The highest BCUT2D eigenvalue weighted by atomic mass is 32.2. The first-order valence-corrected chi connectivity index (χ1v) is 7.53. The number of aliphatic hydroxyl groups is 1. The molecule has 0 aliphatic carbocycles. The standard InChI is InChI=1S/C14H22N2OS/c17-10-12-18-11-4-7-15-8-9-16-13-14-5-2-1-3-6-14/h1-3,5-6,13,15,17H,4,7-12H2. The molecule has 100 valence electrons. The summed E-state index contributed by atoms with van der Waals surface area (Å²) in [6.45, 7) is 3.05. The Balaban J connectivity index is 1.91. The van der Waals surface area contributed by atoms with Crippen molar-refractivity contribution in [2.75, 3.05) is 37.7 Å². The molecule has 3 nitrogen and oxygen atoms in total. The zero-order valence-corrected chi connectivity index (χ0v) is 11.5. The lowest BCUT2D eigenvalue weighted by atomic mass is 10.2. The number of hydrogen-bond acceptors (Lipinski definition) is 4. The molecule has 1 aromatic carbocycles. The van der Waals surface area contributed by atoms with Crippen LogP contribution in [-0.2, 0) is 0 Å². The predicted octanol–water partition coefficient (Wildman–Crippen LogP) is 1.81. The molecule has 0 saturated carbocycles. The maximum absolute atomic E-state index is 8.61. The first-order chi connectivity index (χ1) is 8.93. The number of nitrogens with one attached hydrogen (secondary N) is 1. The molecule has 0 unspecified atom stereocenters. The third kappa shape index (κ3) is 8.28. The van der Waals surface area contributed by atoms with E-state index in [1.165, 1.54) is 0 Å². The maximum atomic E-state index is 8.61. The minimum absolute atomic E-state index is 0.284. The van der Waals surface area contributed by atoms with Crippen molar-refractivity contribution in [3.05, 3.63) is 35.9 Å². The molecule has 0 radical (unpaired) electrons. The zero-order valence-electron chi connectivity index (χ0n) is 10.7. The van der Waals surface area contributed by atoms with Gasteiger partial charge >= 0.3 is 0 Å². The Kier molecular flexibility index (Phi) is 9.52. The molecule has 0 bridgehead atoms. The Morgan fingerprint density at radius 2 is 2.00 bits per heavy atom. The fourth-order valence-electron chi connectivity index (χ4n) is 1.44. The summed E-state index contributed by atoms with van der Waals surface area (Å²) in [5.41, 5.74) is 1.15. The van der Waals surface area contributed by atoms with E-state index in [1.807, 2.05) is 24.4 Å². The number of nitrogens with zero attached hydrogens (tertiary/aromatic N) is 1. The third-order valence-corrected chi connectivity index (χ3v) is 3.38. The van der Waals surface area contributed by atoms with E-state index in [4.69, 9.17) is 5.11 Å². The maximum Gasteiger partial charge on any atom is 0.0521 e. The van der Waals surface area contributed by atoms with E-state index < -0.39 is 0 Å². The number of thioether (sulfide) groups is 1. The molecule has 0 aliphatic rings. The highest BCUT2D eigenvalue weighted by molar-refractivity contribution is 7.99. The molecule has 0 saturated heterocycles. The highest BCUT2D eigenvalue weighted by Crippen LogP contribution is 1.99. The van der Waals surface area contributed by atoms with Crippen molar-refractivity contribution in [2.24, 2.45) is 4.99 Å². The number of aliphatic imine (C=N–C) groups is 1. The van der Waals surface area contributed by atoms with Gasteiger partial charge in [-0.1, -0.05) is 30.3 Å². The smallest absolute Gasteiger partial charge is 0.0521 e. The summed E-state index contributed by atoms with van der Waals surface area (Å²) in [6.07, 6.45) is 3.06. The van der Waals surface area contributed by atoms with Crippen LogP contribution in [0, 0.1) is 0 Å². The van der Waals surface area contributed by atoms with Gasteiger partial charge in [-0.25, -0.2) is 0 Å². The SMILES string of the molecule is OCCSCCCNCCN=Cc1ccccc1. The minimum atomic E-state index is 0.284. The van der Waals surface area contributed by atoms with E-state index in [9.17, 15) is 0 Å². The van der Waals surface area contributed by atoms with Crippen LogP contribution in [0.5, 0.6) is 0 Å². The third-order valence-electron chi connectivity index (χ3n) is 2.34. The molecular formula is C14H22N2OS. The summed E-state index contributed by atoms with van der Waals surface area (Å²) in [5, 5.41) is 12.0. The van der Waals surface area contributed by atoms with Gasteiger partial charge < -0.3 is 10.4 Å². The van der Waals surface area contributed by atoms with Crippen molar-refractivity contribution in [2.45, 2.75) is 6.42 Å². The topological polar surface area (TPSA) is 44.6 Å². The largest absolute Gasteiger partial charge is 0.396 e. The first kappa shape index (κ1) is 15.2. The lowest BCUT2D eigenvalue weighted by Crippen LogP contribution is -2.19. The van der Waals surface area contributed by atoms with Gasteiger partial charge in [-0.15, -0.1) is 0 Å².